The molecule has 1 aliphatic rings. The van der Waals surface area contributed by atoms with Crippen LogP contribution in [0.3, 0.4) is 0 Å². The fourth-order valence-corrected chi connectivity index (χ4v) is 2.29. The van der Waals surface area contributed by atoms with Crippen molar-refractivity contribution in [3.63, 3.8) is 0 Å². The van der Waals surface area contributed by atoms with Crippen molar-refractivity contribution in [2.45, 2.75) is 51.8 Å². The zero-order valence-electron chi connectivity index (χ0n) is 12.5. The highest BCUT2D eigenvalue weighted by Crippen LogP contribution is 2.19. The van der Waals surface area contributed by atoms with Crippen LogP contribution >= 0.6 is 0 Å². The van der Waals surface area contributed by atoms with Crippen LogP contribution in [0.4, 0.5) is 4.79 Å². The number of hydrogen-bond donors (Lipinski definition) is 2. The van der Waals surface area contributed by atoms with Crippen molar-refractivity contribution >= 4 is 6.09 Å². The summed E-state index contributed by atoms with van der Waals surface area (Å²) in [4.78, 5) is 11.9. The van der Waals surface area contributed by atoms with Crippen molar-refractivity contribution in [3.8, 4) is 0 Å². The number of carbonyl (C=O) groups excluding carboxylic acids is 1. The minimum absolute atomic E-state index is 0.0558. The van der Waals surface area contributed by atoms with Gasteiger partial charge in [-0.25, -0.2) is 9.48 Å². The highest BCUT2D eigenvalue weighted by molar-refractivity contribution is 5.68. The topological polar surface area (TPSA) is 81.1 Å². The van der Waals surface area contributed by atoms with Gasteiger partial charge in [-0.2, -0.15) is 0 Å². The second-order valence-corrected chi connectivity index (χ2v) is 6.15. The number of piperidine rings is 1. The van der Waals surface area contributed by atoms with Crippen molar-refractivity contribution in [3.05, 3.63) is 11.9 Å². The molecule has 0 unspecified atom stereocenters. The van der Waals surface area contributed by atoms with Crippen LogP contribution in [0.25, 0.3) is 0 Å². The number of alkyl carbamates (subject to hydrolysis) is 1. The lowest BCUT2D eigenvalue weighted by Crippen LogP contribution is -2.52. The maximum absolute atomic E-state index is 11.9. The Morgan fingerprint density at radius 2 is 2.30 bits per heavy atom. The van der Waals surface area contributed by atoms with Gasteiger partial charge < -0.3 is 15.4 Å². The largest absolute Gasteiger partial charge is 0.444 e. The third-order valence-electron chi connectivity index (χ3n) is 3.11. The van der Waals surface area contributed by atoms with E-state index >= 15 is 0 Å². The molecule has 0 radical (unpaired) electrons. The second kappa shape index (κ2) is 5.78. The van der Waals surface area contributed by atoms with Gasteiger partial charge in [0, 0.05) is 12.7 Å². The molecule has 112 valence electrons. The summed E-state index contributed by atoms with van der Waals surface area (Å²) >= 11 is 0. The van der Waals surface area contributed by atoms with Crippen LogP contribution < -0.4 is 10.6 Å². The number of rotatable bonds is 2. The molecule has 0 saturated carbocycles. The summed E-state index contributed by atoms with van der Waals surface area (Å²) in [6, 6.07) is 0.0460. The number of amides is 1. The second-order valence-electron chi connectivity index (χ2n) is 6.15. The van der Waals surface area contributed by atoms with Gasteiger partial charge in [0.15, 0.2) is 0 Å². The van der Waals surface area contributed by atoms with Gasteiger partial charge in [-0.1, -0.05) is 5.21 Å². The van der Waals surface area contributed by atoms with Crippen molar-refractivity contribution in [1.29, 1.82) is 0 Å². The van der Waals surface area contributed by atoms with Crippen molar-refractivity contribution < 1.29 is 9.53 Å². The molecule has 0 bridgehead atoms. The molecule has 1 aromatic heterocycles. The van der Waals surface area contributed by atoms with E-state index < -0.39 is 11.7 Å². The summed E-state index contributed by atoms with van der Waals surface area (Å²) in [5, 5.41) is 14.3. The Morgan fingerprint density at radius 3 is 2.90 bits per heavy atom. The standard InChI is InChI=1S/C13H23N5O2/c1-9-8-18(17-16-9)11-5-6-14-7-10(11)15-12(19)20-13(2,3)4/h8,10-11,14H,5-7H2,1-4H3,(H,15,19)/t10-,11-/m0/s1. The van der Waals surface area contributed by atoms with E-state index in [9.17, 15) is 4.79 Å². The van der Waals surface area contributed by atoms with Gasteiger partial charge in [0.2, 0.25) is 0 Å². The lowest BCUT2D eigenvalue weighted by atomic mass is 10.0. The first kappa shape index (κ1) is 14.8. The summed E-state index contributed by atoms with van der Waals surface area (Å²) < 4.78 is 7.14. The Kier molecular flexibility index (Phi) is 4.27. The van der Waals surface area contributed by atoms with Gasteiger partial charge >= 0.3 is 6.09 Å². The van der Waals surface area contributed by atoms with Crippen LogP contribution in [-0.4, -0.2) is 45.8 Å². The molecule has 1 amide bonds. The minimum atomic E-state index is -0.495. The molecule has 7 nitrogen and oxygen atoms in total. The van der Waals surface area contributed by atoms with E-state index in [1.165, 1.54) is 0 Å². The number of ether oxygens (including phenoxy) is 1. The summed E-state index contributed by atoms with van der Waals surface area (Å²) in [5.41, 5.74) is 0.380. The summed E-state index contributed by atoms with van der Waals surface area (Å²) in [5.74, 6) is 0. The first-order chi connectivity index (χ1) is 9.35. The lowest BCUT2D eigenvalue weighted by Gasteiger charge is -2.33. The van der Waals surface area contributed by atoms with Crippen molar-refractivity contribution in [2.75, 3.05) is 13.1 Å². The SMILES string of the molecule is Cc1cn([C@H]2CCNC[C@@H]2NC(=O)OC(C)(C)C)nn1. The van der Waals surface area contributed by atoms with E-state index in [2.05, 4.69) is 20.9 Å². The molecule has 2 atom stereocenters. The smallest absolute Gasteiger partial charge is 0.407 e. The summed E-state index contributed by atoms with van der Waals surface area (Å²) in [6.45, 7) is 9.05. The number of nitrogens with one attached hydrogen (secondary N) is 2. The van der Waals surface area contributed by atoms with Gasteiger partial charge in [0.05, 0.1) is 17.8 Å². The molecular formula is C13H23N5O2. The van der Waals surface area contributed by atoms with E-state index in [0.717, 1.165) is 18.7 Å². The van der Waals surface area contributed by atoms with Gasteiger partial charge in [-0.15, -0.1) is 5.10 Å². The lowest BCUT2D eigenvalue weighted by molar-refractivity contribution is 0.0475. The Hall–Kier alpha value is -1.63. The molecule has 0 spiro atoms. The molecule has 1 aliphatic heterocycles. The Bertz CT molecular complexity index is 466. The molecule has 0 aliphatic carbocycles. The highest BCUT2D eigenvalue weighted by atomic mass is 16.6. The molecule has 2 heterocycles. The number of nitrogens with zero attached hydrogens (tertiary/aromatic N) is 3. The molecule has 1 aromatic rings. The Labute approximate surface area is 119 Å². The van der Waals surface area contributed by atoms with Crippen molar-refractivity contribution in [1.82, 2.24) is 25.6 Å². The number of aromatic nitrogens is 3. The van der Waals surface area contributed by atoms with Gasteiger partial charge in [-0.05, 0) is 40.7 Å². The maximum atomic E-state index is 11.9. The van der Waals surface area contributed by atoms with E-state index in [1.807, 2.05) is 38.6 Å². The molecule has 20 heavy (non-hydrogen) atoms. The van der Waals surface area contributed by atoms with Crippen molar-refractivity contribution in [2.24, 2.45) is 0 Å². The van der Waals surface area contributed by atoms with Gasteiger partial charge in [0.25, 0.3) is 0 Å². The molecule has 2 rings (SSSR count). The third-order valence-corrected chi connectivity index (χ3v) is 3.11. The monoisotopic (exact) mass is 281 g/mol. The molecule has 1 fully saturated rings. The van der Waals surface area contributed by atoms with Crippen LogP contribution in [0, 0.1) is 6.92 Å². The van der Waals surface area contributed by atoms with E-state index in [0.29, 0.717) is 6.54 Å². The van der Waals surface area contributed by atoms with Crippen LogP contribution in [0.1, 0.15) is 38.9 Å². The average molecular weight is 281 g/mol. The predicted octanol–water partition coefficient (Wildman–Crippen LogP) is 1.01. The van der Waals surface area contributed by atoms with E-state index in [-0.39, 0.29) is 12.1 Å². The van der Waals surface area contributed by atoms with Crippen LogP contribution in [-0.2, 0) is 4.74 Å². The average Bonchev–Trinajstić information content (AvgIpc) is 2.74. The summed E-state index contributed by atoms with van der Waals surface area (Å²) in [7, 11) is 0. The zero-order chi connectivity index (χ0) is 14.8. The number of aryl methyl sites for hydroxylation is 1. The first-order valence-electron chi connectivity index (χ1n) is 6.94. The Balaban J connectivity index is 2.02. The maximum Gasteiger partial charge on any atom is 0.407 e. The molecule has 2 N–H and O–H groups in total. The molecule has 1 saturated heterocycles. The zero-order valence-corrected chi connectivity index (χ0v) is 12.5. The Morgan fingerprint density at radius 1 is 1.55 bits per heavy atom. The predicted molar refractivity (Wildman–Crippen MR) is 74.4 cm³/mol. The van der Waals surface area contributed by atoms with Gasteiger partial charge in [0.1, 0.15) is 5.60 Å². The first-order valence-corrected chi connectivity index (χ1v) is 6.94. The molecule has 7 heteroatoms. The van der Waals surface area contributed by atoms with E-state index in [4.69, 9.17) is 4.74 Å². The highest BCUT2D eigenvalue weighted by Gasteiger charge is 2.30. The van der Waals surface area contributed by atoms with Crippen LogP contribution in [0.2, 0.25) is 0 Å². The summed E-state index contributed by atoms with van der Waals surface area (Å²) in [6.07, 6.45) is 2.40. The molecular weight excluding hydrogens is 258 g/mol. The fraction of sp³-hybridized carbons (Fsp3) is 0.769. The van der Waals surface area contributed by atoms with Crippen LogP contribution in [0.5, 0.6) is 0 Å². The number of hydrogen-bond acceptors (Lipinski definition) is 5. The third kappa shape index (κ3) is 3.93. The van der Waals surface area contributed by atoms with E-state index in [1.54, 1.807) is 0 Å². The quantitative estimate of drug-likeness (QED) is 0.845. The minimum Gasteiger partial charge on any atom is -0.444 e. The van der Waals surface area contributed by atoms with Gasteiger partial charge in [-0.3, -0.25) is 0 Å². The molecule has 0 aromatic carbocycles. The fourth-order valence-electron chi connectivity index (χ4n) is 2.29. The number of carbonyl (C=O) groups is 1. The normalized spacial score (nSPS) is 23.4. The van der Waals surface area contributed by atoms with Crippen LogP contribution in [0.15, 0.2) is 6.20 Å².